The highest BCUT2D eigenvalue weighted by molar-refractivity contribution is 6.30. The molecular weight excluding hydrogens is 241 g/mol. The van der Waals surface area contributed by atoms with Crippen molar-refractivity contribution in [2.24, 2.45) is 11.7 Å². The highest BCUT2D eigenvalue weighted by atomic mass is 35.5. The lowest BCUT2D eigenvalue weighted by molar-refractivity contribution is 0.127. The van der Waals surface area contributed by atoms with Crippen molar-refractivity contribution in [3.05, 3.63) is 34.6 Å². The van der Waals surface area contributed by atoms with E-state index in [-0.39, 0.29) is 5.56 Å². The van der Waals surface area contributed by atoms with E-state index in [0.717, 1.165) is 6.42 Å². The Hall–Kier alpha value is -0.640. The molecule has 0 saturated heterocycles. The van der Waals surface area contributed by atoms with Crippen molar-refractivity contribution in [1.82, 2.24) is 0 Å². The second kappa shape index (κ2) is 6.34. The number of benzene rings is 1. The molecule has 96 valence electrons. The van der Waals surface area contributed by atoms with Crippen LogP contribution in [0.5, 0.6) is 0 Å². The molecule has 0 aliphatic carbocycles. The molecule has 0 heterocycles. The lowest BCUT2D eigenvalue weighted by Crippen LogP contribution is -2.27. The van der Waals surface area contributed by atoms with E-state index in [0.29, 0.717) is 17.4 Å². The molecule has 0 aliphatic rings. The van der Waals surface area contributed by atoms with Gasteiger partial charge in [0.2, 0.25) is 0 Å². The van der Waals surface area contributed by atoms with Crippen molar-refractivity contribution in [1.29, 1.82) is 0 Å². The molecule has 1 rings (SSSR count). The standard InChI is InChI=1S/C13H19ClFNO/c1-8(2)3-6-12(17)13(16)10-7-9(14)4-5-11(10)15/h4-5,7-8,12-13,17H,3,6,16H2,1-2H3/t12-,13+/m0/s1. The molecule has 17 heavy (non-hydrogen) atoms. The van der Waals surface area contributed by atoms with Crippen LogP contribution in [0.3, 0.4) is 0 Å². The van der Waals surface area contributed by atoms with Gasteiger partial charge in [-0.05, 0) is 37.0 Å². The van der Waals surface area contributed by atoms with Crippen LogP contribution in [0.1, 0.15) is 38.3 Å². The second-order valence-corrected chi connectivity index (χ2v) is 5.17. The lowest BCUT2D eigenvalue weighted by Gasteiger charge is -2.20. The van der Waals surface area contributed by atoms with Gasteiger partial charge < -0.3 is 10.8 Å². The summed E-state index contributed by atoms with van der Waals surface area (Å²) < 4.78 is 13.5. The molecule has 0 fully saturated rings. The zero-order valence-corrected chi connectivity index (χ0v) is 10.9. The molecular formula is C13H19ClFNO. The third-order valence-corrected chi connectivity index (χ3v) is 3.01. The lowest BCUT2D eigenvalue weighted by atomic mass is 9.96. The summed E-state index contributed by atoms with van der Waals surface area (Å²) >= 11 is 5.79. The number of aliphatic hydroxyl groups excluding tert-OH is 1. The monoisotopic (exact) mass is 259 g/mol. The van der Waals surface area contributed by atoms with Crippen LogP contribution >= 0.6 is 11.6 Å². The van der Waals surface area contributed by atoms with E-state index in [2.05, 4.69) is 13.8 Å². The average molecular weight is 260 g/mol. The maximum absolute atomic E-state index is 13.5. The van der Waals surface area contributed by atoms with Crippen molar-refractivity contribution in [2.45, 2.75) is 38.8 Å². The zero-order chi connectivity index (χ0) is 13.0. The quantitative estimate of drug-likeness (QED) is 0.853. The van der Waals surface area contributed by atoms with E-state index in [1.807, 2.05) is 0 Å². The number of hydrogen-bond donors (Lipinski definition) is 2. The first kappa shape index (κ1) is 14.4. The SMILES string of the molecule is CC(C)CC[C@H](O)[C@H](N)c1cc(Cl)ccc1F. The summed E-state index contributed by atoms with van der Waals surface area (Å²) in [6.07, 6.45) is 0.673. The second-order valence-electron chi connectivity index (χ2n) is 4.73. The van der Waals surface area contributed by atoms with Gasteiger partial charge in [-0.25, -0.2) is 4.39 Å². The van der Waals surface area contributed by atoms with Gasteiger partial charge in [-0.2, -0.15) is 0 Å². The van der Waals surface area contributed by atoms with Gasteiger partial charge in [0.05, 0.1) is 12.1 Å². The Kier molecular flexibility index (Phi) is 5.37. The Morgan fingerprint density at radius 2 is 2.00 bits per heavy atom. The van der Waals surface area contributed by atoms with Crippen molar-refractivity contribution in [3.8, 4) is 0 Å². The maximum Gasteiger partial charge on any atom is 0.128 e. The Morgan fingerprint density at radius 3 is 2.59 bits per heavy atom. The molecule has 0 unspecified atom stereocenters. The van der Waals surface area contributed by atoms with E-state index in [1.165, 1.54) is 18.2 Å². The fourth-order valence-electron chi connectivity index (χ4n) is 1.66. The third kappa shape index (κ3) is 4.26. The predicted molar refractivity (Wildman–Crippen MR) is 68.4 cm³/mol. The summed E-state index contributed by atoms with van der Waals surface area (Å²) in [5, 5.41) is 10.3. The first-order valence-corrected chi connectivity index (χ1v) is 6.18. The number of aliphatic hydroxyl groups is 1. The number of hydrogen-bond acceptors (Lipinski definition) is 2. The largest absolute Gasteiger partial charge is 0.391 e. The van der Waals surface area contributed by atoms with Gasteiger partial charge in [-0.15, -0.1) is 0 Å². The highest BCUT2D eigenvalue weighted by Crippen LogP contribution is 2.24. The van der Waals surface area contributed by atoms with Crippen molar-refractivity contribution < 1.29 is 9.50 Å². The highest BCUT2D eigenvalue weighted by Gasteiger charge is 2.20. The summed E-state index contributed by atoms with van der Waals surface area (Å²) in [5.41, 5.74) is 6.12. The number of halogens is 2. The first-order valence-electron chi connectivity index (χ1n) is 5.80. The molecule has 0 bridgehead atoms. The van der Waals surface area contributed by atoms with Gasteiger partial charge in [-0.3, -0.25) is 0 Å². The number of nitrogens with two attached hydrogens (primary N) is 1. The van der Waals surface area contributed by atoms with Crippen LogP contribution in [0.25, 0.3) is 0 Å². The minimum Gasteiger partial charge on any atom is -0.391 e. The Balaban J connectivity index is 2.74. The van der Waals surface area contributed by atoms with Crippen LogP contribution in [0, 0.1) is 11.7 Å². The maximum atomic E-state index is 13.5. The van der Waals surface area contributed by atoms with Crippen LogP contribution in [-0.4, -0.2) is 11.2 Å². The first-order chi connectivity index (χ1) is 7.91. The molecule has 2 nitrogen and oxygen atoms in total. The fourth-order valence-corrected chi connectivity index (χ4v) is 1.84. The van der Waals surface area contributed by atoms with Crippen LogP contribution in [0.15, 0.2) is 18.2 Å². The van der Waals surface area contributed by atoms with Gasteiger partial charge in [0.1, 0.15) is 5.82 Å². The molecule has 0 radical (unpaired) electrons. The minimum atomic E-state index is -0.745. The van der Waals surface area contributed by atoms with Crippen LogP contribution < -0.4 is 5.73 Å². The van der Waals surface area contributed by atoms with E-state index in [9.17, 15) is 9.50 Å². The summed E-state index contributed by atoms with van der Waals surface area (Å²) in [6.45, 7) is 4.14. The van der Waals surface area contributed by atoms with E-state index < -0.39 is 18.0 Å². The fraction of sp³-hybridized carbons (Fsp3) is 0.538. The zero-order valence-electron chi connectivity index (χ0n) is 10.2. The summed E-state index contributed by atoms with van der Waals surface area (Å²) in [5.74, 6) is 0.0616. The summed E-state index contributed by atoms with van der Waals surface area (Å²) in [6, 6.07) is 3.48. The van der Waals surface area contributed by atoms with Crippen LogP contribution in [0.2, 0.25) is 5.02 Å². The van der Waals surface area contributed by atoms with Crippen LogP contribution in [-0.2, 0) is 0 Å². The predicted octanol–water partition coefficient (Wildman–Crippen LogP) is 3.28. The number of rotatable bonds is 5. The molecule has 0 aromatic heterocycles. The van der Waals surface area contributed by atoms with E-state index >= 15 is 0 Å². The minimum absolute atomic E-state index is 0.272. The average Bonchev–Trinajstić information content (AvgIpc) is 2.28. The molecule has 2 atom stereocenters. The van der Waals surface area contributed by atoms with Crippen LogP contribution in [0.4, 0.5) is 4.39 Å². The molecule has 0 aliphatic heterocycles. The topological polar surface area (TPSA) is 46.2 Å². The van der Waals surface area contributed by atoms with Gasteiger partial charge in [-0.1, -0.05) is 25.4 Å². The Labute approximate surface area is 107 Å². The van der Waals surface area contributed by atoms with E-state index in [4.69, 9.17) is 17.3 Å². The van der Waals surface area contributed by atoms with Gasteiger partial charge in [0, 0.05) is 10.6 Å². The molecule has 0 saturated carbocycles. The molecule has 3 N–H and O–H groups in total. The Bertz CT molecular complexity index is 370. The third-order valence-electron chi connectivity index (χ3n) is 2.77. The summed E-state index contributed by atoms with van der Waals surface area (Å²) in [4.78, 5) is 0. The normalized spacial score (nSPS) is 15.0. The van der Waals surface area contributed by atoms with Gasteiger partial charge in [0.25, 0.3) is 0 Å². The van der Waals surface area contributed by atoms with Gasteiger partial charge >= 0.3 is 0 Å². The molecule has 0 spiro atoms. The van der Waals surface area contributed by atoms with Crippen molar-refractivity contribution in [3.63, 3.8) is 0 Å². The molecule has 1 aromatic carbocycles. The molecule has 0 amide bonds. The van der Waals surface area contributed by atoms with Crippen molar-refractivity contribution in [2.75, 3.05) is 0 Å². The molecule has 4 heteroatoms. The van der Waals surface area contributed by atoms with Gasteiger partial charge in [0.15, 0.2) is 0 Å². The Morgan fingerprint density at radius 1 is 1.35 bits per heavy atom. The smallest absolute Gasteiger partial charge is 0.128 e. The van der Waals surface area contributed by atoms with Crippen molar-refractivity contribution >= 4 is 11.6 Å². The summed E-state index contributed by atoms with van der Waals surface area (Å²) in [7, 11) is 0. The molecule has 1 aromatic rings. The van der Waals surface area contributed by atoms with E-state index in [1.54, 1.807) is 0 Å².